The summed E-state index contributed by atoms with van der Waals surface area (Å²) in [6.07, 6.45) is 1.85. The molecule has 0 bridgehead atoms. The van der Waals surface area contributed by atoms with Crippen LogP contribution in [0, 0.1) is 6.92 Å². The molecule has 0 aliphatic carbocycles. The molecule has 0 saturated heterocycles. The van der Waals surface area contributed by atoms with Crippen molar-refractivity contribution in [2.24, 2.45) is 4.99 Å². The van der Waals surface area contributed by atoms with Gasteiger partial charge in [0.15, 0.2) is 5.96 Å². The Morgan fingerprint density at radius 1 is 1.09 bits per heavy atom. The number of fused-ring (bicyclic) bond motifs is 1. The second-order valence-corrected chi connectivity index (χ2v) is 6.64. The zero-order chi connectivity index (χ0) is 16.1. The van der Waals surface area contributed by atoms with Crippen LogP contribution in [0.4, 0.5) is 0 Å². The lowest BCUT2D eigenvalue weighted by Crippen LogP contribution is -2.36. The molecule has 3 rings (SSSR count). The molecule has 0 saturated carbocycles. The highest BCUT2D eigenvalue weighted by atomic mass is 32.1. The molecule has 0 aliphatic heterocycles. The molecule has 0 atom stereocenters. The lowest BCUT2D eigenvalue weighted by molar-refractivity contribution is 0.804. The van der Waals surface area contributed by atoms with Crippen molar-refractivity contribution in [2.75, 3.05) is 7.05 Å². The Hall–Kier alpha value is -2.40. The largest absolute Gasteiger partial charge is 0.352 e. The van der Waals surface area contributed by atoms with Gasteiger partial charge in [-0.2, -0.15) is 0 Å². The van der Waals surface area contributed by atoms with E-state index in [0.29, 0.717) is 6.54 Å². The fourth-order valence-electron chi connectivity index (χ4n) is 2.46. The Bertz CT molecular complexity index is 817. The molecule has 0 spiro atoms. The Kier molecular flexibility index (Phi) is 4.88. The first-order valence-corrected chi connectivity index (χ1v) is 8.40. The van der Waals surface area contributed by atoms with Crippen LogP contribution in [0.5, 0.6) is 0 Å². The van der Waals surface area contributed by atoms with Crippen molar-refractivity contribution >= 4 is 28.1 Å². The summed E-state index contributed by atoms with van der Waals surface area (Å²) in [7, 11) is 1.78. The number of aromatic nitrogens is 1. The number of thiophene rings is 1. The summed E-state index contributed by atoms with van der Waals surface area (Å²) in [4.78, 5) is 11.4. The Labute approximate surface area is 140 Å². The monoisotopic (exact) mass is 324 g/mol. The average molecular weight is 324 g/mol. The number of nitrogens with zero attached hydrogens (tertiary/aromatic N) is 2. The zero-order valence-electron chi connectivity index (χ0n) is 13.3. The molecule has 0 fully saturated rings. The second kappa shape index (κ2) is 7.24. The van der Waals surface area contributed by atoms with Crippen LogP contribution < -0.4 is 10.6 Å². The summed E-state index contributed by atoms with van der Waals surface area (Å²) in [5.41, 5.74) is 1.03. The van der Waals surface area contributed by atoms with Crippen molar-refractivity contribution in [2.45, 2.75) is 20.0 Å². The maximum absolute atomic E-state index is 4.49. The molecular weight excluding hydrogens is 304 g/mol. The maximum atomic E-state index is 4.49. The van der Waals surface area contributed by atoms with E-state index in [1.165, 1.54) is 20.5 Å². The molecular formula is C18H20N4S. The first-order chi connectivity index (χ1) is 11.3. The molecule has 0 unspecified atom stereocenters. The SMILES string of the molecule is CN=C(NCc1ccc(C)s1)NCc1nccc2ccccc12. The molecule has 1 aromatic carbocycles. The standard InChI is InChI=1S/C18H20N4S/c1-13-7-8-15(23-13)11-21-18(19-2)22-12-17-16-6-4-3-5-14(16)9-10-20-17/h3-10H,11-12H2,1-2H3,(H2,19,21,22). The van der Waals surface area contributed by atoms with E-state index in [4.69, 9.17) is 0 Å². The number of hydrogen-bond acceptors (Lipinski definition) is 3. The Morgan fingerprint density at radius 2 is 1.91 bits per heavy atom. The van der Waals surface area contributed by atoms with Gasteiger partial charge in [0.25, 0.3) is 0 Å². The average Bonchev–Trinajstić information content (AvgIpc) is 3.00. The third-order valence-electron chi connectivity index (χ3n) is 3.63. The van der Waals surface area contributed by atoms with Gasteiger partial charge < -0.3 is 10.6 Å². The van der Waals surface area contributed by atoms with Gasteiger partial charge in [0.2, 0.25) is 0 Å². The molecule has 0 amide bonds. The molecule has 2 heterocycles. The maximum Gasteiger partial charge on any atom is 0.191 e. The lowest BCUT2D eigenvalue weighted by atomic mass is 10.1. The van der Waals surface area contributed by atoms with Gasteiger partial charge in [0, 0.05) is 28.4 Å². The molecule has 0 radical (unpaired) electrons. The number of aryl methyl sites for hydroxylation is 1. The molecule has 0 aliphatic rings. The van der Waals surface area contributed by atoms with Gasteiger partial charge in [-0.25, -0.2) is 0 Å². The molecule has 3 aromatic rings. The van der Waals surface area contributed by atoms with Crippen LogP contribution in [0.1, 0.15) is 15.4 Å². The highest BCUT2D eigenvalue weighted by molar-refractivity contribution is 7.11. The van der Waals surface area contributed by atoms with E-state index in [0.717, 1.165) is 18.2 Å². The number of guanidine groups is 1. The van der Waals surface area contributed by atoms with E-state index in [9.17, 15) is 0 Å². The summed E-state index contributed by atoms with van der Waals surface area (Å²) in [6.45, 7) is 3.54. The first kappa shape index (κ1) is 15.5. The van der Waals surface area contributed by atoms with Gasteiger partial charge in [0.05, 0.1) is 18.8 Å². The van der Waals surface area contributed by atoms with Crippen LogP contribution in [-0.2, 0) is 13.1 Å². The van der Waals surface area contributed by atoms with Gasteiger partial charge in [-0.15, -0.1) is 11.3 Å². The van der Waals surface area contributed by atoms with Crippen molar-refractivity contribution in [3.05, 3.63) is 64.1 Å². The smallest absolute Gasteiger partial charge is 0.191 e. The van der Waals surface area contributed by atoms with E-state index in [-0.39, 0.29) is 0 Å². The number of aliphatic imine (C=N–C) groups is 1. The van der Waals surface area contributed by atoms with Crippen molar-refractivity contribution in [3.8, 4) is 0 Å². The minimum Gasteiger partial charge on any atom is -0.352 e. The van der Waals surface area contributed by atoms with Gasteiger partial charge in [0.1, 0.15) is 0 Å². The summed E-state index contributed by atoms with van der Waals surface area (Å²) in [5, 5.41) is 9.05. The van der Waals surface area contributed by atoms with E-state index in [1.807, 2.05) is 24.4 Å². The number of hydrogen-bond donors (Lipinski definition) is 2. The van der Waals surface area contributed by atoms with Crippen LogP contribution in [-0.4, -0.2) is 18.0 Å². The molecule has 2 aromatic heterocycles. The van der Waals surface area contributed by atoms with E-state index >= 15 is 0 Å². The first-order valence-electron chi connectivity index (χ1n) is 7.59. The highest BCUT2D eigenvalue weighted by Gasteiger charge is 2.04. The van der Waals surface area contributed by atoms with Crippen LogP contribution in [0.15, 0.2) is 53.7 Å². The molecule has 23 heavy (non-hydrogen) atoms. The normalized spacial score (nSPS) is 11.7. The van der Waals surface area contributed by atoms with Crippen LogP contribution in [0.3, 0.4) is 0 Å². The number of rotatable bonds is 4. The highest BCUT2D eigenvalue weighted by Crippen LogP contribution is 2.16. The quantitative estimate of drug-likeness (QED) is 0.571. The van der Waals surface area contributed by atoms with Gasteiger partial charge in [-0.1, -0.05) is 24.3 Å². The summed E-state index contributed by atoms with van der Waals surface area (Å²) < 4.78 is 0. The summed E-state index contributed by atoms with van der Waals surface area (Å²) >= 11 is 1.80. The number of pyridine rings is 1. The van der Waals surface area contributed by atoms with Crippen molar-refractivity contribution in [1.29, 1.82) is 0 Å². The Balaban J connectivity index is 1.63. The van der Waals surface area contributed by atoms with Crippen molar-refractivity contribution in [1.82, 2.24) is 15.6 Å². The predicted octanol–water partition coefficient (Wildman–Crippen LogP) is 3.47. The molecule has 5 heteroatoms. The van der Waals surface area contributed by atoms with Crippen molar-refractivity contribution < 1.29 is 0 Å². The number of benzene rings is 1. The van der Waals surface area contributed by atoms with Crippen LogP contribution in [0.25, 0.3) is 10.8 Å². The minimum atomic E-state index is 0.643. The Morgan fingerprint density at radius 3 is 2.70 bits per heavy atom. The predicted molar refractivity (Wildman–Crippen MR) is 97.8 cm³/mol. The fraction of sp³-hybridized carbons (Fsp3) is 0.222. The van der Waals surface area contributed by atoms with Gasteiger partial charge >= 0.3 is 0 Å². The topological polar surface area (TPSA) is 49.3 Å². The van der Waals surface area contributed by atoms with Gasteiger partial charge in [-0.3, -0.25) is 9.98 Å². The third kappa shape index (κ3) is 3.87. The second-order valence-electron chi connectivity index (χ2n) is 5.27. The zero-order valence-corrected chi connectivity index (χ0v) is 14.2. The molecule has 118 valence electrons. The van der Waals surface area contributed by atoms with E-state index < -0.39 is 0 Å². The van der Waals surface area contributed by atoms with Crippen molar-refractivity contribution in [3.63, 3.8) is 0 Å². The van der Waals surface area contributed by atoms with Crippen LogP contribution >= 0.6 is 11.3 Å². The lowest BCUT2D eigenvalue weighted by Gasteiger charge is -2.12. The third-order valence-corrected chi connectivity index (χ3v) is 4.63. The van der Waals surface area contributed by atoms with Crippen LogP contribution in [0.2, 0.25) is 0 Å². The summed E-state index contributed by atoms with van der Waals surface area (Å²) in [5.74, 6) is 0.783. The fourth-order valence-corrected chi connectivity index (χ4v) is 3.29. The summed E-state index contributed by atoms with van der Waals surface area (Å²) in [6, 6.07) is 14.6. The van der Waals surface area contributed by atoms with Gasteiger partial charge in [-0.05, 0) is 30.5 Å². The minimum absolute atomic E-state index is 0.643. The molecule has 2 N–H and O–H groups in total. The molecule has 4 nitrogen and oxygen atoms in total. The van der Waals surface area contributed by atoms with E-state index in [2.05, 4.69) is 51.8 Å². The van der Waals surface area contributed by atoms with E-state index in [1.54, 1.807) is 18.4 Å². The number of nitrogens with one attached hydrogen (secondary N) is 2.